The molecule has 20 heavy (non-hydrogen) atoms. The summed E-state index contributed by atoms with van der Waals surface area (Å²) in [5, 5.41) is 0.712. The average Bonchev–Trinajstić information content (AvgIpc) is 2.87. The molecule has 3 aromatic rings. The number of ether oxygens (including phenoxy) is 1. The van der Waals surface area contributed by atoms with Crippen LogP contribution in [0.5, 0.6) is 5.75 Å². The van der Waals surface area contributed by atoms with Gasteiger partial charge in [0.15, 0.2) is 0 Å². The number of pyridine rings is 1. The summed E-state index contributed by atoms with van der Waals surface area (Å²) >= 11 is 7.71. The van der Waals surface area contributed by atoms with Crippen molar-refractivity contribution in [2.45, 2.75) is 10.6 Å². The van der Waals surface area contributed by atoms with Crippen molar-refractivity contribution in [3.8, 4) is 5.75 Å². The van der Waals surface area contributed by atoms with Crippen LogP contribution in [-0.4, -0.2) is 16.5 Å². The lowest BCUT2D eigenvalue weighted by Crippen LogP contribution is -1.82. The van der Waals surface area contributed by atoms with Crippen LogP contribution in [0.3, 0.4) is 0 Å². The number of imidazole rings is 1. The van der Waals surface area contributed by atoms with Gasteiger partial charge in [0.1, 0.15) is 11.4 Å². The van der Waals surface area contributed by atoms with E-state index in [1.807, 2.05) is 41.1 Å². The summed E-state index contributed by atoms with van der Waals surface area (Å²) in [6.45, 7) is 0. The van der Waals surface area contributed by atoms with Gasteiger partial charge >= 0.3 is 0 Å². The summed E-state index contributed by atoms with van der Waals surface area (Å²) in [4.78, 5) is 5.76. The van der Waals surface area contributed by atoms with E-state index in [-0.39, 0.29) is 0 Å². The van der Waals surface area contributed by atoms with E-state index in [1.165, 1.54) is 4.90 Å². The predicted octanol–water partition coefficient (Wildman–Crippen LogP) is 4.29. The maximum absolute atomic E-state index is 5.96. The Morgan fingerprint density at radius 1 is 1.15 bits per heavy atom. The molecule has 0 amide bonds. The zero-order valence-electron chi connectivity index (χ0n) is 10.9. The zero-order chi connectivity index (χ0) is 13.9. The van der Waals surface area contributed by atoms with E-state index in [4.69, 9.17) is 16.3 Å². The number of benzene rings is 1. The van der Waals surface area contributed by atoms with Crippen molar-refractivity contribution >= 4 is 29.0 Å². The molecule has 0 fully saturated rings. The minimum absolute atomic E-state index is 0.712. The predicted molar refractivity (Wildman–Crippen MR) is 82.8 cm³/mol. The molecular formula is C15H13ClN2OS. The van der Waals surface area contributed by atoms with E-state index in [0.29, 0.717) is 5.02 Å². The molecule has 2 heterocycles. The van der Waals surface area contributed by atoms with Gasteiger partial charge in [-0.3, -0.25) is 0 Å². The number of rotatable bonds is 4. The fourth-order valence-corrected chi connectivity index (χ4v) is 2.87. The van der Waals surface area contributed by atoms with E-state index >= 15 is 0 Å². The normalized spacial score (nSPS) is 10.9. The van der Waals surface area contributed by atoms with Crippen LogP contribution in [-0.2, 0) is 5.75 Å². The third-order valence-electron chi connectivity index (χ3n) is 2.91. The van der Waals surface area contributed by atoms with Gasteiger partial charge in [-0.25, -0.2) is 4.98 Å². The van der Waals surface area contributed by atoms with Gasteiger partial charge in [0, 0.05) is 23.0 Å². The summed E-state index contributed by atoms with van der Waals surface area (Å²) in [7, 11) is 1.67. The van der Waals surface area contributed by atoms with Gasteiger partial charge in [0.05, 0.1) is 17.8 Å². The Morgan fingerprint density at radius 2 is 1.95 bits per heavy atom. The smallest absolute Gasteiger partial charge is 0.137 e. The Bertz CT molecular complexity index is 724. The third-order valence-corrected chi connectivity index (χ3v) is 4.18. The molecule has 0 atom stereocenters. The molecular weight excluding hydrogens is 292 g/mol. The first-order chi connectivity index (χ1) is 9.74. The topological polar surface area (TPSA) is 26.5 Å². The highest BCUT2D eigenvalue weighted by molar-refractivity contribution is 7.98. The zero-order valence-corrected chi connectivity index (χ0v) is 12.5. The summed E-state index contributed by atoms with van der Waals surface area (Å²) < 4.78 is 7.10. The summed E-state index contributed by atoms with van der Waals surface area (Å²) in [5.41, 5.74) is 1.95. The monoisotopic (exact) mass is 304 g/mol. The van der Waals surface area contributed by atoms with Crippen LogP contribution in [0, 0.1) is 0 Å². The first-order valence-electron chi connectivity index (χ1n) is 6.14. The van der Waals surface area contributed by atoms with Gasteiger partial charge in [-0.15, -0.1) is 11.8 Å². The maximum Gasteiger partial charge on any atom is 0.137 e. The van der Waals surface area contributed by atoms with Gasteiger partial charge in [-0.1, -0.05) is 11.6 Å². The minimum atomic E-state index is 0.712. The van der Waals surface area contributed by atoms with Crippen LogP contribution in [0.25, 0.3) is 5.65 Å². The molecule has 0 N–H and O–H groups in total. The summed E-state index contributed by atoms with van der Waals surface area (Å²) in [5.74, 6) is 1.70. The average molecular weight is 305 g/mol. The molecule has 2 aromatic heterocycles. The van der Waals surface area contributed by atoms with Gasteiger partial charge in [0.2, 0.25) is 0 Å². The number of methoxy groups -OCH3 is 1. The van der Waals surface area contributed by atoms with Crippen molar-refractivity contribution in [1.29, 1.82) is 0 Å². The summed E-state index contributed by atoms with van der Waals surface area (Å²) in [6.07, 6.45) is 3.88. The highest BCUT2D eigenvalue weighted by Crippen LogP contribution is 2.25. The second-order valence-corrected chi connectivity index (χ2v) is 5.79. The standard InChI is InChI=1S/C15H13ClN2OS/c1-19-13-3-5-14(6-4-13)20-10-12-9-18-8-11(16)2-7-15(18)17-12/h2-9H,10H2,1H3. The van der Waals surface area contributed by atoms with Gasteiger partial charge in [-0.2, -0.15) is 0 Å². The first-order valence-corrected chi connectivity index (χ1v) is 7.51. The fourth-order valence-electron chi connectivity index (χ4n) is 1.92. The largest absolute Gasteiger partial charge is 0.497 e. The van der Waals surface area contributed by atoms with Crippen molar-refractivity contribution in [2.75, 3.05) is 7.11 Å². The lowest BCUT2D eigenvalue weighted by atomic mass is 10.3. The molecule has 5 heteroatoms. The number of nitrogens with zero attached hydrogens (tertiary/aromatic N) is 2. The van der Waals surface area contributed by atoms with Crippen molar-refractivity contribution in [3.05, 3.63) is 59.5 Å². The van der Waals surface area contributed by atoms with Crippen molar-refractivity contribution in [3.63, 3.8) is 0 Å². The molecule has 1 aromatic carbocycles. The van der Waals surface area contributed by atoms with Crippen LogP contribution in [0.4, 0.5) is 0 Å². The molecule has 0 unspecified atom stereocenters. The molecule has 102 valence electrons. The molecule has 0 aliphatic heterocycles. The number of hydrogen-bond acceptors (Lipinski definition) is 3. The Morgan fingerprint density at radius 3 is 2.70 bits per heavy atom. The Balaban J connectivity index is 1.72. The third kappa shape index (κ3) is 2.92. The number of aromatic nitrogens is 2. The molecule has 0 aliphatic rings. The Hall–Kier alpha value is -1.65. The van der Waals surface area contributed by atoms with E-state index < -0.39 is 0 Å². The molecule has 3 rings (SSSR count). The molecule has 0 saturated heterocycles. The molecule has 0 bridgehead atoms. The van der Waals surface area contributed by atoms with E-state index in [9.17, 15) is 0 Å². The number of fused-ring (bicyclic) bond motifs is 1. The minimum Gasteiger partial charge on any atom is -0.497 e. The van der Waals surface area contributed by atoms with E-state index in [0.717, 1.165) is 22.8 Å². The first kappa shape index (κ1) is 13.3. The fraction of sp³-hybridized carbons (Fsp3) is 0.133. The van der Waals surface area contributed by atoms with Crippen LogP contribution < -0.4 is 4.74 Å². The number of halogens is 1. The lowest BCUT2D eigenvalue weighted by molar-refractivity contribution is 0.414. The molecule has 0 spiro atoms. The van der Waals surface area contributed by atoms with Gasteiger partial charge in [0.25, 0.3) is 0 Å². The van der Waals surface area contributed by atoms with Crippen molar-refractivity contribution in [1.82, 2.24) is 9.38 Å². The van der Waals surface area contributed by atoms with E-state index in [1.54, 1.807) is 18.9 Å². The quantitative estimate of drug-likeness (QED) is 0.673. The number of hydrogen-bond donors (Lipinski definition) is 0. The second kappa shape index (κ2) is 5.77. The van der Waals surface area contributed by atoms with Crippen molar-refractivity contribution in [2.24, 2.45) is 0 Å². The Kier molecular flexibility index (Phi) is 3.85. The molecule has 3 nitrogen and oxygen atoms in total. The van der Waals surface area contributed by atoms with E-state index in [2.05, 4.69) is 17.1 Å². The van der Waals surface area contributed by atoms with Crippen LogP contribution in [0.2, 0.25) is 5.02 Å². The van der Waals surface area contributed by atoms with Gasteiger partial charge in [-0.05, 0) is 36.4 Å². The molecule has 0 saturated carbocycles. The molecule has 0 radical (unpaired) electrons. The van der Waals surface area contributed by atoms with Crippen LogP contribution in [0.15, 0.2) is 53.7 Å². The highest BCUT2D eigenvalue weighted by Gasteiger charge is 2.03. The number of thioether (sulfide) groups is 1. The molecule has 0 aliphatic carbocycles. The highest BCUT2D eigenvalue weighted by atomic mass is 35.5. The van der Waals surface area contributed by atoms with Gasteiger partial charge < -0.3 is 9.14 Å². The Labute approximate surface area is 126 Å². The van der Waals surface area contributed by atoms with Crippen molar-refractivity contribution < 1.29 is 4.74 Å². The maximum atomic E-state index is 5.96. The summed E-state index contributed by atoms with van der Waals surface area (Å²) in [6, 6.07) is 11.8. The SMILES string of the molecule is COc1ccc(SCc2cn3cc(Cl)ccc3n2)cc1. The van der Waals surface area contributed by atoms with Crippen LogP contribution >= 0.6 is 23.4 Å². The second-order valence-electron chi connectivity index (χ2n) is 4.31. The lowest BCUT2D eigenvalue weighted by Gasteiger charge is -2.01. The van der Waals surface area contributed by atoms with Crippen LogP contribution in [0.1, 0.15) is 5.69 Å².